The van der Waals surface area contributed by atoms with Crippen molar-refractivity contribution in [3.05, 3.63) is 48.6 Å². The standard InChI is InChI=1S/C24H30BN3O4/c1-14-24(5,6)32-25(31-14)17-9-7-15(8-10-17)18-13-26-21(27-18)20-12-16-11-19(16)28(20)22(29)30-23(2,3)4/h7-10,13,16,19-20H,1,11-12H2,2-6H3,(H,26,27)/t16-,19-,20+/m1/s1. The van der Waals surface area contributed by atoms with Crippen molar-refractivity contribution < 1.29 is 18.8 Å². The number of fused-ring (bicyclic) bond motifs is 1. The molecule has 3 fully saturated rings. The first-order valence-corrected chi connectivity index (χ1v) is 11.2. The van der Waals surface area contributed by atoms with Crippen LogP contribution in [-0.4, -0.2) is 45.3 Å². The molecule has 0 radical (unpaired) electrons. The number of amides is 1. The van der Waals surface area contributed by atoms with E-state index in [1.165, 1.54) is 0 Å². The van der Waals surface area contributed by atoms with Gasteiger partial charge >= 0.3 is 13.2 Å². The molecule has 1 aromatic carbocycles. The van der Waals surface area contributed by atoms with Crippen LogP contribution in [0.5, 0.6) is 0 Å². The number of imidazole rings is 1. The summed E-state index contributed by atoms with van der Waals surface area (Å²) < 4.78 is 17.4. The number of aromatic amines is 1. The molecule has 0 bridgehead atoms. The highest BCUT2D eigenvalue weighted by atomic mass is 16.7. The van der Waals surface area contributed by atoms with Crippen LogP contribution in [0.2, 0.25) is 0 Å². The van der Waals surface area contributed by atoms with Crippen molar-refractivity contribution in [3.8, 4) is 11.3 Å². The molecule has 1 amide bonds. The number of aromatic nitrogens is 2. The van der Waals surface area contributed by atoms with Crippen molar-refractivity contribution in [1.82, 2.24) is 14.9 Å². The Morgan fingerprint density at radius 2 is 2.00 bits per heavy atom. The van der Waals surface area contributed by atoms with Gasteiger partial charge < -0.3 is 19.0 Å². The first kappa shape index (κ1) is 21.1. The van der Waals surface area contributed by atoms with E-state index in [9.17, 15) is 4.79 Å². The van der Waals surface area contributed by atoms with Gasteiger partial charge in [0.25, 0.3) is 0 Å². The first-order chi connectivity index (χ1) is 15.0. The molecular formula is C24H30BN3O4. The lowest BCUT2D eigenvalue weighted by Crippen LogP contribution is -2.38. The van der Waals surface area contributed by atoms with Gasteiger partial charge in [-0.15, -0.1) is 0 Å². The number of nitrogens with one attached hydrogen (secondary N) is 1. The Hall–Kier alpha value is -2.74. The van der Waals surface area contributed by atoms with E-state index >= 15 is 0 Å². The molecule has 1 saturated carbocycles. The van der Waals surface area contributed by atoms with E-state index < -0.39 is 18.3 Å². The molecule has 0 spiro atoms. The Kier molecular flexibility index (Phi) is 4.71. The number of likely N-dealkylation sites (tertiary alicyclic amines) is 1. The maximum absolute atomic E-state index is 12.8. The van der Waals surface area contributed by atoms with Crippen LogP contribution in [0, 0.1) is 5.92 Å². The second-order valence-electron chi connectivity index (χ2n) is 10.5. The van der Waals surface area contributed by atoms with Gasteiger partial charge in [-0.05, 0) is 64.4 Å². The third-order valence-electron chi connectivity index (χ3n) is 6.44. The fraction of sp³-hybridized carbons (Fsp3) is 0.500. The minimum absolute atomic E-state index is 0.0739. The van der Waals surface area contributed by atoms with Gasteiger partial charge in [0.1, 0.15) is 17.0 Å². The number of rotatable bonds is 3. The summed E-state index contributed by atoms with van der Waals surface area (Å²) in [6.45, 7) is 13.5. The van der Waals surface area contributed by atoms with Crippen molar-refractivity contribution in [2.24, 2.45) is 5.92 Å². The fourth-order valence-corrected chi connectivity index (χ4v) is 4.51. The van der Waals surface area contributed by atoms with Gasteiger partial charge in [0, 0.05) is 6.04 Å². The topological polar surface area (TPSA) is 76.7 Å². The quantitative estimate of drug-likeness (QED) is 0.732. The molecule has 2 aliphatic heterocycles. The van der Waals surface area contributed by atoms with E-state index in [-0.39, 0.29) is 18.2 Å². The third-order valence-corrected chi connectivity index (χ3v) is 6.44. The number of hydrogen-bond donors (Lipinski definition) is 1. The molecule has 2 saturated heterocycles. The van der Waals surface area contributed by atoms with Crippen molar-refractivity contribution in [2.45, 2.75) is 70.7 Å². The van der Waals surface area contributed by atoms with Crippen molar-refractivity contribution in [3.63, 3.8) is 0 Å². The van der Waals surface area contributed by atoms with Crippen LogP contribution in [0.15, 0.2) is 42.8 Å². The lowest BCUT2D eigenvalue weighted by atomic mass is 9.79. The molecule has 168 valence electrons. The van der Waals surface area contributed by atoms with Gasteiger partial charge in [0.05, 0.1) is 23.7 Å². The molecule has 3 atom stereocenters. The maximum atomic E-state index is 12.8. The van der Waals surface area contributed by atoms with Crippen LogP contribution in [-0.2, 0) is 14.0 Å². The molecule has 32 heavy (non-hydrogen) atoms. The number of carbonyl (C=O) groups excluding carboxylic acids is 1. The summed E-state index contributed by atoms with van der Waals surface area (Å²) in [5, 5.41) is 0. The molecule has 2 aromatic rings. The number of ether oxygens (including phenoxy) is 1. The number of carbonyl (C=O) groups is 1. The predicted octanol–water partition coefficient (Wildman–Crippen LogP) is 4.18. The zero-order valence-electron chi connectivity index (χ0n) is 19.3. The van der Waals surface area contributed by atoms with Gasteiger partial charge in [0.2, 0.25) is 0 Å². The van der Waals surface area contributed by atoms with Gasteiger partial charge in [0.15, 0.2) is 0 Å². The van der Waals surface area contributed by atoms with Gasteiger partial charge in [-0.2, -0.15) is 0 Å². The van der Waals surface area contributed by atoms with Crippen LogP contribution in [0.1, 0.15) is 59.3 Å². The summed E-state index contributed by atoms with van der Waals surface area (Å²) in [6, 6.07) is 8.22. The Morgan fingerprint density at radius 3 is 2.62 bits per heavy atom. The molecule has 1 aliphatic carbocycles. The van der Waals surface area contributed by atoms with Crippen LogP contribution >= 0.6 is 0 Å². The third kappa shape index (κ3) is 3.81. The second kappa shape index (κ2) is 7.14. The normalized spacial score (nSPS) is 26.2. The average molecular weight is 435 g/mol. The number of benzene rings is 1. The van der Waals surface area contributed by atoms with Crippen LogP contribution in [0.25, 0.3) is 11.3 Å². The highest BCUT2D eigenvalue weighted by Crippen LogP contribution is 2.53. The van der Waals surface area contributed by atoms with E-state index in [0.29, 0.717) is 11.7 Å². The fourth-order valence-electron chi connectivity index (χ4n) is 4.51. The van der Waals surface area contributed by atoms with E-state index in [1.54, 1.807) is 0 Å². The summed E-state index contributed by atoms with van der Waals surface area (Å²) in [5.74, 6) is 1.99. The van der Waals surface area contributed by atoms with Gasteiger partial charge in [-0.3, -0.25) is 4.90 Å². The summed E-state index contributed by atoms with van der Waals surface area (Å²) in [4.78, 5) is 22.8. The molecule has 3 aliphatic rings. The molecule has 1 aromatic heterocycles. The van der Waals surface area contributed by atoms with Crippen LogP contribution < -0.4 is 5.46 Å². The average Bonchev–Trinajstić information content (AvgIpc) is 3.04. The number of piperidine rings is 1. The Labute approximate surface area is 189 Å². The highest BCUT2D eigenvalue weighted by Gasteiger charge is 2.56. The maximum Gasteiger partial charge on any atom is 0.563 e. The number of hydrogen-bond acceptors (Lipinski definition) is 5. The molecule has 8 heteroatoms. The summed E-state index contributed by atoms with van der Waals surface area (Å²) in [5.41, 5.74) is 1.85. The lowest BCUT2D eigenvalue weighted by Gasteiger charge is -2.29. The van der Waals surface area contributed by atoms with Gasteiger partial charge in [-0.1, -0.05) is 30.8 Å². The molecule has 3 heterocycles. The molecule has 5 rings (SSSR count). The Morgan fingerprint density at radius 1 is 1.28 bits per heavy atom. The zero-order chi connectivity index (χ0) is 22.8. The molecule has 7 nitrogen and oxygen atoms in total. The monoisotopic (exact) mass is 435 g/mol. The molecular weight excluding hydrogens is 405 g/mol. The van der Waals surface area contributed by atoms with E-state index in [1.807, 2.05) is 70.0 Å². The largest absolute Gasteiger partial charge is 0.563 e. The summed E-state index contributed by atoms with van der Waals surface area (Å²) in [6.07, 6.45) is 3.55. The van der Waals surface area contributed by atoms with Gasteiger partial charge in [-0.25, -0.2) is 9.78 Å². The Bertz CT molecular complexity index is 1060. The van der Waals surface area contributed by atoms with E-state index in [4.69, 9.17) is 14.0 Å². The lowest BCUT2D eigenvalue weighted by molar-refractivity contribution is 0.0175. The van der Waals surface area contributed by atoms with Crippen molar-refractivity contribution in [2.75, 3.05) is 0 Å². The van der Waals surface area contributed by atoms with Crippen molar-refractivity contribution >= 4 is 18.7 Å². The van der Waals surface area contributed by atoms with Crippen LogP contribution in [0.4, 0.5) is 4.79 Å². The van der Waals surface area contributed by atoms with Crippen LogP contribution in [0.3, 0.4) is 0 Å². The Balaban J connectivity index is 1.32. The minimum Gasteiger partial charge on any atom is -0.534 e. The predicted molar refractivity (Wildman–Crippen MR) is 122 cm³/mol. The van der Waals surface area contributed by atoms with Crippen molar-refractivity contribution in [1.29, 1.82) is 0 Å². The van der Waals surface area contributed by atoms with E-state index in [2.05, 4.69) is 16.5 Å². The highest BCUT2D eigenvalue weighted by molar-refractivity contribution is 6.62. The number of H-pyrrole nitrogens is 1. The molecule has 1 N–H and O–H groups in total. The zero-order valence-corrected chi connectivity index (χ0v) is 19.3. The minimum atomic E-state index is -0.515. The number of nitrogens with zero attached hydrogens (tertiary/aromatic N) is 2. The molecule has 0 unspecified atom stereocenters. The first-order valence-electron chi connectivity index (χ1n) is 11.2. The second-order valence-corrected chi connectivity index (χ2v) is 10.5. The summed E-state index contributed by atoms with van der Waals surface area (Å²) in [7, 11) is -0.448. The smallest absolute Gasteiger partial charge is 0.534 e. The van der Waals surface area contributed by atoms with E-state index in [0.717, 1.165) is 35.4 Å². The SMILES string of the molecule is C=C1OB(c2ccc(-c3cnc([C@@H]4C[C@H]5C[C@H]5N4C(=O)OC(C)(C)C)[nH]3)cc2)OC1(C)C. The summed E-state index contributed by atoms with van der Waals surface area (Å²) >= 11 is 0.